The second kappa shape index (κ2) is 8.40. The van der Waals surface area contributed by atoms with Gasteiger partial charge >= 0.3 is 5.97 Å². The van der Waals surface area contributed by atoms with Gasteiger partial charge in [-0.25, -0.2) is 9.97 Å². The number of fused-ring (bicyclic) bond motifs is 1. The number of rotatable bonds is 5. The van der Waals surface area contributed by atoms with E-state index >= 15 is 0 Å². The Morgan fingerprint density at radius 3 is 2.74 bits per heavy atom. The van der Waals surface area contributed by atoms with Crippen molar-refractivity contribution in [2.45, 2.75) is 55.4 Å². The van der Waals surface area contributed by atoms with Gasteiger partial charge in [-0.15, -0.1) is 11.3 Å². The van der Waals surface area contributed by atoms with Gasteiger partial charge in [0.05, 0.1) is 5.39 Å². The molecular weight excluding hydrogens is 376 g/mol. The Bertz CT molecular complexity index is 920. The molecule has 0 aliphatic heterocycles. The van der Waals surface area contributed by atoms with Crippen LogP contribution in [0.1, 0.15) is 39.0 Å². The number of thioether (sulfide) groups is 1. The average Bonchev–Trinajstić information content (AvgIpc) is 3.14. The van der Waals surface area contributed by atoms with Crippen molar-refractivity contribution in [3.63, 3.8) is 0 Å². The van der Waals surface area contributed by atoms with E-state index in [0.717, 1.165) is 52.1 Å². The van der Waals surface area contributed by atoms with Crippen molar-refractivity contribution in [1.29, 1.82) is 0 Å². The number of hydrogen-bond acceptors (Lipinski definition) is 6. The minimum Gasteiger partial charge on any atom is -0.462 e. The molecule has 0 N–H and O–H groups in total. The predicted octanol–water partition coefficient (Wildman–Crippen LogP) is 5.71. The van der Waals surface area contributed by atoms with Crippen molar-refractivity contribution in [2.75, 3.05) is 0 Å². The maximum atomic E-state index is 12.6. The Morgan fingerprint density at radius 2 is 1.96 bits per heavy atom. The lowest BCUT2D eigenvalue weighted by molar-refractivity contribution is -0.149. The number of thiophene rings is 1. The van der Waals surface area contributed by atoms with Crippen LogP contribution in [0.15, 0.2) is 47.1 Å². The summed E-state index contributed by atoms with van der Waals surface area (Å²) in [5, 5.41) is 3.68. The van der Waals surface area contributed by atoms with E-state index in [0.29, 0.717) is 0 Å². The molecule has 0 saturated heterocycles. The molecule has 1 aromatic carbocycles. The van der Waals surface area contributed by atoms with Crippen LogP contribution < -0.4 is 0 Å². The van der Waals surface area contributed by atoms with E-state index in [-0.39, 0.29) is 17.3 Å². The van der Waals surface area contributed by atoms with Crippen LogP contribution in [0.3, 0.4) is 0 Å². The summed E-state index contributed by atoms with van der Waals surface area (Å²) in [6, 6.07) is 10.2. The van der Waals surface area contributed by atoms with Gasteiger partial charge in [-0.2, -0.15) is 0 Å². The number of benzene rings is 1. The lowest BCUT2D eigenvalue weighted by Crippen LogP contribution is -2.26. The van der Waals surface area contributed by atoms with Crippen LogP contribution in [0, 0.1) is 0 Å². The highest BCUT2D eigenvalue weighted by Crippen LogP contribution is 2.39. The summed E-state index contributed by atoms with van der Waals surface area (Å²) >= 11 is 3.07. The van der Waals surface area contributed by atoms with E-state index in [9.17, 15) is 4.79 Å². The van der Waals surface area contributed by atoms with Gasteiger partial charge in [-0.1, -0.05) is 48.5 Å². The molecule has 27 heavy (non-hydrogen) atoms. The first-order valence-electron chi connectivity index (χ1n) is 9.37. The molecule has 0 bridgehead atoms. The van der Waals surface area contributed by atoms with Gasteiger partial charge in [-0.3, -0.25) is 4.79 Å². The van der Waals surface area contributed by atoms with Crippen LogP contribution in [0.2, 0.25) is 0 Å². The maximum Gasteiger partial charge on any atom is 0.319 e. The van der Waals surface area contributed by atoms with Crippen LogP contribution >= 0.6 is 23.1 Å². The van der Waals surface area contributed by atoms with Crippen LogP contribution in [0.5, 0.6) is 0 Å². The molecule has 0 radical (unpaired) electrons. The first kappa shape index (κ1) is 18.4. The van der Waals surface area contributed by atoms with E-state index in [1.165, 1.54) is 18.2 Å². The fourth-order valence-corrected chi connectivity index (χ4v) is 5.33. The molecule has 2 aromatic heterocycles. The Morgan fingerprint density at radius 1 is 1.19 bits per heavy atom. The van der Waals surface area contributed by atoms with Crippen molar-refractivity contribution in [2.24, 2.45) is 0 Å². The zero-order chi connectivity index (χ0) is 18.6. The topological polar surface area (TPSA) is 52.1 Å². The molecule has 0 spiro atoms. The average molecular weight is 399 g/mol. The fourth-order valence-electron chi connectivity index (χ4n) is 3.43. The van der Waals surface area contributed by atoms with E-state index < -0.39 is 0 Å². The number of aromatic nitrogens is 2. The van der Waals surface area contributed by atoms with Crippen molar-refractivity contribution < 1.29 is 9.53 Å². The van der Waals surface area contributed by atoms with E-state index in [1.807, 2.05) is 25.1 Å². The van der Waals surface area contributed by atoms with E-state index in [2.05, 4.69) is 27.5 Å². The molecule has 6 heteroatoms. The lowest BCUT2D eigenvalue weighted by atomic mass is 9.98. The third kappa shape index (κ3) is 4.17. The van der Waals surface area contributed by atoms with Gasteiger partial charge in [0.2, 0.25) is 0 Å². The Kier molecular flexibility index (Phi) is 5.74. The number of carbonyl (C=O) groups excluding carboxylic acids is 1. The van der Waals surface area contributed by atoms with Crippen molar-refractivity contribution in [3.8, 4) is 11.1 Å². The SMILES string of the molecule is C[C@@H](Sc1ncnc2scc(-c3ccccc3)c12)C(=O)OC1CCCCC1. The molecule has 1 aliphatic carbocycles. The Hall–Kier alpha value is -1.92. The summed E-state index contributed by atoms with van der Waals surface area (Å²) in [5.41, 5.74) is 2.25. The second-order valence-electron chi connectivity index (χ2n) is 6.83. The van der Waals surface area contributed by atoms with Crippen molar-refractivity contribution in [3.05, 3.63) is 42.0 Å². The highest BCUT2D eigenvalue weighted by Gasteiger charge is 2.24. The summed E-state index contributed by atoms with van der Waals surface area (Å²) in [5.74, 6) is -0.143. The Balaban J connectivity index is 1.56. The second-order valence-corrected chi connectivity index (χ2v) is 9.02. The third-order valence-electron chi connectivity index (χ3n) is 4.88. The first-order valence-corrected chi connectivity index (χ1v) is 11.1. The standard InChI is InChI=1S/C21H22N2O2S2/c1-14(21(24)25-16-10-6-3-7-11-16)27-20-18-17(15-8-4-2-5-9-15)12-26-19(18)22-13-23-20/h2,4-5,8-9,12-14,16H,3,6-7,10-11H2,1H3/t14-/m1/s1. The molecule has 1 atom stereocenters. The molecule has 1 aliphatic rings. The van der Waals surface area contributed by atoms with Crippen molar-refractivity contribution >= 4 is 39.3 Å². The summed E-state index contributed by atoms with van der Waals surface area (Å²) in [6.07, 6.45) is 7.20. The van der Waals surface area contributed by atoms with Crippen LogP contribution in [-0.2, 0) is 9.53 Å². The monoisotopic (exact) mass is 398 g/mol. The van der Waals surface area contributed by atoms with E-state index in [1.54, 1.807) is 17.7 Å². The molecule has 2 heterocycles. The van der Waals surface area contributed by atoms with Gasteiger partial charge < -0.3 is 4.74 Å². The molecule has 4 nitrogen and oxygen atoms in total. The molecule has 140 valence electrons. The number of ether oxygens (including phenoxy) is 1. The first-order chi connectivity index (χ1) is 13.2. The fraction of sp³-hybridized carbons (Fsp3) is 0.381. The quantitative estimate of drug-likeness (QED) is 0.313. The molecule has 0 unspecified atom stereocenters. The van der Waals surface area contributed by atoms with Crippen LogP contribution in [0.4, 0.5) is 0 Å². The van der Waals surface area contributed by atoms with Gasteiger partial charge in [0.15, 0.2) is 0 Å². The lowest BCUT2D eigenvalue weighted by Gasteiger charge is -2.23. The van der Waals surface area contributed by atoms with Gasteiger partial charge in [0, 0.05) is 10.9 Å². The molecule has 0 amide bonds. The number of nitrogens with zero attached hydrogens (tertiary/aromatic N) is 2. The highest BCUT2D eigenvalue weighted by atomic mass is 32.2. The minimum absolute atomic E-state index is 0.0840. The van der Waals surface area contributed by atoms with Gasteiger partial charge in [0.25, 0.3) is 0 Å². The normalized spacial score (nSPS) is 16.3. The number of esters is 1. The number of carbonyl (C=O) groups is 1. The third-order valence-corrected chi connectivity index (χ3v) is 6.84. The highest BCUT2D eigenvalue weighted by molar-refractivity contribution is 8.00. The van der Waals surface area contributed by atoms with E-state index in [4.69, 9.17) is 4.74 Å². The van der Waals surface area contributed by atoms with Gasteiger partial charge in [-0.05, 0) is 38.2 Å². The van der Waals surface area contributed by atoms with Crippen molar-refractivity contribution in [1.82, 2.24) is 9.97 Å². The zero-order valence-corrected chi connectivity index (χ0v) is 16.9. The predicted molar refractivity (Wildman–Crippen MR) is 111 cm³/mol. The molecule has 1 saturated carbocycles. The van der Waals surface area contributed by atoms with Gasteiger partial charge in [0.1, 0.15) is 27.5 Å². The van der Waals surface area contributed by atoms with Crippen LogP contribution in [-0.4, -0.2) is 27.3 Å². The summed E-state index contributed by atoms with van der Waals surface area (Å²) in [6.45, 7) is 1.90. The Labute approximate surface area is 167 Å². The number of hydrogen-bond donors (Lipinski definition) is 0. The summed E-state index contributed by atoms with van der Waals surface area (Å²) < 4.78 is 5.73. The minimum atomic E-state index is -0.298. The maximum absolute atomic E-state index is 12.6. The van der Waals surface area contributed by atoms with Crippen LogP contribution in [0.25, 0.3) is 21.3 Å². The summed E-state index contributed by atoms with van der Waals surface area (Å²) in [7, 11) is 0. The summed E-state index contributed by atoms with van der Waals surface area (Å²) in [4.78, 5) is 22.4. The molecule has 4 rings (SSSR count). The largest absolute Gasteiger partial charge is 0.462 e. The molecule has 1 fully saturated rings. The smallest absolute Gasteiger partial charge is 0.319 e. The molecule has 3 aromatic rings. The zero-order valence-electron chi connectivity index (χ0n) is 15.3. The molecular formula is C21H22N2O2S2.